The van der Waals surface area contributed by atoms with Crippen LogP contribution in [0.15, 0.2) is 48.5 Å². The van der Waals surface area contributed by atoms with Gasteiger partial charge in [-0.2, -0.15) is 0 Å². The normalized spacial score (nSPS) is 14.5. The maximum Gasteiger partial charge on any atom is 0.260 e. The van der Waals surface area contributed by atoms with Crippen molar-refractivity contribution in [2.75, 3.05) is 24.5 Å². The molecule has 0 radical (unpaired) electrons. The number of carbonyl (C=O) groups is 1. The molecule has 0 saturated carbocycles. The third kappa shape index (κ3) is 5.06. The van der Waals surface area contributed by atoms with Crippen LogP contribution in [0.3, 0.4) is 0 Å². The van der Waals surface area contributed by atoms with Crippen molar-refractivity contribution >= 4 is 11.6 Å². The minimum atomic E-state index is -0.504. The van der Waals surface area contributed by atoms with Crippen molar-refractivity contribution in [3.63, 3.8) is 0 Å². The van der Waals surface area contributed by atoms with Crippen LogP contribution in [0, 0.1) is 0 Å². The molecule has 0 bridgehead atoms. The molecule has 1 aliphatic heterocycles. The number of benzene rings is 2. The summed E-state index contributed by atoms with van der Waals surface area (Å²) in [6, 6.07) is 16.6. The van der Waals surface area contributed by atoms with Crippen LogP contribution >= 0.6 is 0 Å². The second-order valence-corrected chi connectivity index (χ2v) is 7.82. The number of hydrogen-bond acceptors (Lipinski definition) is 3. The summed E-state index contributed by atoms with van der Waals surface area (Å²) in [7, 11) is 0. The largest absolute Gasteiger partial charge is 0.481 e. The summed E-state index contributed by atoms with van der Waals surface area (Å²) in [5.41, 5.74) is 3.91. The molecule has 0 unspecified atom stereocenters. The van der Waals surface area contributed by atoms with Crippen molar-refractivity contribution in [3.05, 3.63) is 59.7 Å². The Morgan fingerprint density at radius 3 is 2.68 bits per heavy atom. The van der Waals surface area contributed by atoms with Crippen molar-refractivity contribution in [2.45, 2.75) is 52.1 Å². The number of ether oxygens (including phenoxy) is 1. The molecule has 0 aromatic heterocycles. The van der Waals surface area contributed by atoms with Crippen molar-refractivity contribution in [3.8, 4) is 5.75 Å². The Morgan fingerprint density at radius 1 is 1.11 bits per heavy atom. The van der Waals surface area contributed by atoms with Crippen LogP contribution in [-0.2, 0) is 11.2 Å². The zero-order valence-corrected chi connectivity index (χ0v) is 17.3. The molecule has 1 atom stereocenters. The van der Waals surface area contributed by atoms with E-state index in [1.54, 1.807) is 0 Å². The fraction of sp³-hybridized carbons (Fsp3) is 0.458. The number of hydrogen-bond donors (Lipinski definition) is 1. The van der Waals surface area contributed by atoms with Gasteiger partial charge in [0.2, 0.25) is 0 Å². The molecule has 1 amide bonds. The maximum absolute atomic E-state index is 12.4. The fourth-order valence-electron chi connectivity index (χ4n) is 3.78. The van der Waals surface area contributed by atoms with Gasteiger partial charge in [-0.1, -0.05) is 50.2 Å². The fourth-order valence-corrected chi connectivity index (χ4v) is 3.78. The minimum absolute atomic E-state index is 0.0578. The van der Waals surface area contributed by atoms with E-state index in [1.165, 1.54) is 17.7 Å². The number of rotatable bonds is 8. The highest BCUT2D eigenvalue weighted by Crippen LogP contribution is 2.27. The molecule has 0 spiro atoms. The lowest BCUT2D eigenvalue weighted by molar-refractivity contribution is -0.127. The molecule has 2 aromatic rings. The van der Waals surface area contributed by atoms with E-state index in [9.17, 15) is 4.79 Å². The number of carbonyl (C=O) groups excluding carboxylic acids is 1. The predicted molar refractivity (Wildman–Crippen MR) is 115 cm³/mol. The van der Waals surface area contributed by atoms with Gasteiger partial charge in [-0.25, -0.2) is 0 Å². The highest BCUT2D eigenvalue weighted by Gasteiger charge is 2.18. The number of anilines is 1. The number of aryl methyl sites for hydroxylation is 1. The molecule has 1 heterocycles. The maximum atomic E-state index is 12.4. The minimum Gasteiger partial charge on any atom is -0.481 e. The number of nitrogens with one attached hydrogen (secondary N) is 1. The molecule has 1 aliphatic rings. The summed E-state index contributed by atoms with van der Waals surface area (Å²) in [6.07, 6.45) is 2.78. The Bertz CT molecular complexity index is 788. The topological polar surface area (TPSA) is 41.6 Å². The monoisotopic (exact) mass is 380 g/mol. The third-order valence-electron chi connectivity index (χ3n) is 5.32. The molecule has 4 heteroatoms. The van der Waals surface area contributed by atoms with E-state index in [1.807, 2.05) is 25.1 Å². The molecule has 0 fully saturated rings. The van der Waals surface area contributed by atoms with Gasteiger partial charge in [-0.15, -0.1) is 0 Å². The number of fused-ring (bicyclic) bond motifs is 1. The number of nitrogens with zero attached hydrogens (tertiary/aromatic N) is 1. The summed E-state index contributed by atoms with van der Waals surface area (Å²) in [4.78, 5) is 14.9. The van der Waals surface area contributed by atoms with Crippen molar-refractivity contribution in [1.29, 1.82) is 0 Å². The van der Waals surface area contributed by atoms with Crippen LogP contribution in [0.4, 0.5) is 5.69 Å². The van der Waals surface area contributed by atoms with Gasteiger partial charge in [0, 0.05) is 25.3 Å². The summed E-state index contributed by atoms with van der Waals surface area (Å²) in [5, 5.41) is 3.02. The molecule has 2 aromatic carbocycles. The van der Waals surface area contributed by atoms with E-state index < -0.39 is 6.10 Å². The Hall–Kier alpha value is -2.49. The van der Waals surface area contributed by atoms with Gasteiger partial charge < -0.3 is 15.0 Å². The lowest BCUT2D eigenvalue weighted by Gasteiger charge is -2.31. The first-order valence-electron chi connectivity index (χ1n) is 10.4. The Balaban J connectivity index is 1.45. The van der Waals surface area contributed by atoms with Crippen LogP contribution in [0.5, 0.6) is 5.75 Å². The van der Waals surface area contributed by atoms with Gasteiger partial charge in [-0.3, -0.25) is 4.79 Å². The standard InChI is InChI=1S/C24H32N2O2/c1-18(2)21-12-5-7-14-23(21)28-19(3)24(27)25-15-9-17-26-16-8-11-20-10-4-6-13-22(20)26/h4-7,10,12-14,18-19H,8-9,11,15-17H2,1-3H3,(H,25,27)/t19-/m1/s1. The predicted octanol–water partition coefficient (Wildman–Crippen LogP) is 4.54. The lowest BCUT2D eigenvalue weighted by atomic mass is 10.0. The smallest absolute Gasteiger partial charge is 0.260 e. The van der Waals surface area contributed by atoms with E-state index in [0.29, 0.717) is 12.5 Å². The van der Waals surface area contributed by atoms with Crippen LogP contribution < -0.4 is 15.0 Å². The second-order valence-electron chi connectivity index (χ2n) is 7.82. The zero-order chi connectivity index (χ0) is 19.9. The Morgan fingerprint density at radius 2 is 1.86 bits per heavy atom. The van der Waals surface area contributed by atoms with Crippen LogP contribution in [-0.4, -0.2) is 31.6 Å². The van der Waals surface area contributed by atoms with Crippen molar-refractivity contribution in [2.24, 2.45) is 0 Å². The summed E-state index contributed by atoms with van der Waals surface area (Å²) in [6.45, 7) is 8.79. The number of para-hydroxylation sites is 2. The molecule has 1 N–H and O–H groups in total. The summed E-state index contributed by atoms with van der Waals surface area (Å²) >= 11 is 0. The van der Waals surface area contributed by atoms with Gasteiger partial charge in [0.05, 0.1) is 0 Å². The van der Waals surface area contributed by atoms with Crippen LogP contribution in [0.2, 0.25) is 0 Å². The summed E-state index contributed by atoms with van der Waals surface area (Å²) < 4.78 is 5.94. The third-order valence-corrected chi connectivity index (χ3v) is 5.32. The van der Waals surface area contributed by atoms with E-state index >= 15 is 0 Å². The summed E-state index contributed by atoms with van der Waals surface area (Å²) in [5.74, 6) is 1.10. The average Bonchev–Trinajstić information content (AvgIpc) is 2.71. The van der Waals surface area contributed by atoms with Gasteiger partial charge in [0.25, 0.3) is 5.91 Å². The molecule has 28 heavy (non-hydrogen) atoms. The molecule has 150 valence electrons. The average molecular weight is 381 g/mol. The van der Waals surface area contributed by atoms with Gasteiger partial charge in [-0.05, 0) is 55.4 Å². The first kappa shape index (κ1) is 20.2. The molecule has 0 saturated heterocycles. The zero-order valence-electron chi connectivity index (χ0n) is 17.3. The highest BCUT2D eigenvalue weighted by molar-refractivity contribution is 5.80. The van der Waals surface area contributed by atoms with Gasteiger partial charge in [0.15, 0.2) is 6.10 Å². The van der Waals surface area contributed by atoms with E-state index in [2.05, 4.69) is 54.4 Å². The second kappa shape index (κ2) is 9.63. The Kier molecular flexibility index (Phi) is 6.96. The molecule has 3 rings (SSSR count). The number of amides is 1. The lowest BCUT2D eigenvalue weighted by Crippen LogP contribution is -2.38. The molecular formula is C24H32N2O2. The molecule has 4 nitrogen and oxygen atoms in total. The molecule has 0 aliphatic carbocycles. The SMILES string of the molecule is CC(C)c1ccccc1O[C@H](C)C(=O)NCCCN1CCCc2ccccc21. The quantitative estimate of drug-likeness (QED) is 0.684. The first-order chi connectivity index (χ1) is 13.6. The van der Waals surface area contributed by atoms with Crippen molar-refractivity contribution in [1.82, 2.24) is 5.32 Å². The highest BCUT2D eigenvalue weighted by atomic mass is 16.5. The van der Waals surface area contributed by atoms with E-state index in [4.69, 9.17) is 4.74 Å². The van der Waals surface area contributed by atoms with Gasteiger partial charge in [0.1, 0.15) is 5.75 Å². The van der Waals surface area contributed by atoms with E-state index in [-0.39, 0.29) is 5.91 Å². The Labute approximate surface area is 168 Å². The van der Waals surface area contributed by atoms with E-state index in [0.717, 1.165) is 37.2 Å². The molecular weight excluding hydrogens is 348 g/mol. The van der Waals surface area contributed by atoms with Crippen LogP contribution in [0.25, 0.3) is 0 Å². The van der Waals surface area contributed by atoms with Gasteiger partial charge >= 0.3 is 0 Å². The van der Waals surface area contributed by atoms with Crippen molar-refractivity contribution < 1.29 is 9.53 Å². The van der Waals surface area contributed by atoms with Crippen LogP contribution in [0.1, 0.15) is 50.7 Å². The first-order valence-corrected chi connectivity index (χ1v) is 10.4.